The first-order valence-electron chi connectivity index (χ1n) is 4.30. The van der Waals surface area contributed by atoms with Crippen LogP contribution in [0.3, 0.4) is 0 Å². The summed E-state index contributed by atoms with van der Waals surface area (Å²) in [6, 6.07) is 0. The lowest BCUT2D eigenvalue weighted by Gasteiger charge is -2.34. The van der Waals surface area contributed by atoms with Gasteiger partial charge in [0, 0.05) is 17.9 Å². The first-order chi connectivity index (χ1) is 5.41. The standard InChI is InChI=1S/C9H20N2S/c1-9(2,3)10-6-7-11(8-10)12(4)5/h6-7,12H,8H2,1-5H3. The van der Waals surface area contributed by atoms with Crippen LogP contribution >= 0.6 is 11.1 Å². The molecule has 0 amide bonds. The summed E-state index contributed by atoms with van der Waals surface area (Å²) in [5.74, 6) is 0. The predicted octanol–water partition coefficient (Wildman–Crippen LogP) is 2.01. The lowest BCUT2D eigenvalue weighted by molar-refractivity contribution is 0.194. The molecule has 1 heterocycles. The highest BCUT2D eigenvalue weighted by Gasteiger charge is 2.23. The van der Waals surface area contributed by atoms with Gasteiger partial charge in [-0.15, -0.1) is 0 Å². The molecule has 0 bridgehead atoms. The van der Waals surface area contributed by atoms with Crippen LogP contribution in [0.1, 0.15) is 20.8 Å². The van der Waals surface area contributed by atoms with Crippen molar-refractivity contribution in [1.29, 1.82) is 0 Å². The summed E-state index contributed by atoms with van der Waals surface area (Å²) in [5.41, 5.74) is 0.261. The fraction of sp³-hybridized carbons (Fsp3) is 0.778. The number of rotatable bonds is 1. The highest BCUT2D eigenvalue weighted by molar-refractivity contribution is 8.13. The Hall–Kier alpha value is -0.310. The molecule has 0 atom stereocenters. The molecule has 0 aromatic heterocycles. The van der Waals surface area contributed by atoms with Crippen molar-refractivity contribution >= 4 is 11.1 Å². The lowest BCUT2D eigenvalue weighted by atomic mass is 10.1. The van der Waals surface area contributed by atoms with E-state index in [0.29, 0.717) is 0 Å². The zero-order valence-corrected chi connectivity index (χ0v) is 9.60. The van der Waals surface area contributed by atoms with E-state index in [1.54, 1.807) is 0 Å². The van der Waals surface area contributed by atoms with Gasteiger partial charge in [0.1, 0.15) is 0 Å². The van der Waals surface area contributed by atoms with Crippen molar-refractivity contribution < 1.29 is 0 Å². The molecule has 0 fully saturated rings. The normalized spacial score (nSPS) is 18.9. The summed E-state index contributed by atoms with van der Waals surface area (Å²) >= 11 is 0.0295. The molecule has 0 N–H and O–H groups in total. The molecular weight excluding hydrogens is 168 g/mol. The van der Waals surface area contributed by atoms with E-state index in [9.17, 15) is 0 Å². The van der Waals surface area contributed by atoms with E-state index in [-0.39, 0.29) is 16.6 Å². The van der Waals surface area contributed by atoms with E-state index in [4.69, 9.17) is 0 Å². The quantitative estimate of drug-likeness (QED) is 0.629. The maximum Gasteiger partial charge on any atom is 0.0985 e. The van der Waals surface area contributed by atoms with Crippen molar-refractivity contribution in [2.75, 3.05) is 19.2 Å². The Kier molecular flexibility index (Phi) is 2.61. The first-order valence-corrected chi connectivity index (χ1v) is 6.49. The third kappa shape index (κ3) is 2.09. The Balaban J connectivity index is 2.54. The molecule has 0 aromatic carbocycles. The minimum atomic E-state index is 0.0295. The van der Waals surface area contributed by atoms with Crippen molar-refractivity contribution in [1.82, 2.24) is 9.21 Å². The summed E-state index contributed by atoms with van der Waals surface area (Å²) in [6.45, 7) is 7.79. The molecule has 0 saturated heterocycles. The Bertz CT molecular complexity index is 181. The minimum Gasteiger partial charge on any atom is -0.353 e. The van der Waals surface area contributed by atoms with Gasteiger partial charge in [-0.2, -0.15) is 11.1 Å². The van der Waals surface area contributed by atoms with Gasteiger partial charge in [-0.3, -0.25) is 0 Å². The number of hydrogen-bond acceptors (Lipinski definition) is 2. The van der Waals surface area contributed by atoms with Crippen molar-refractivity contribution in [3.8, 4) is 0 Å². The van der Waals surface area contributed by atoms with Crippen LogP contribution in [0.5, 0.6) is 0 Å². The van der Waals surface area contributed by atoms with Crippen LogP contribution in [-0.4, -0.2) is 33.9 Å². The molecule has 3 heteroatoms. The maximum absolute atomic E-state index is 2.40. The second-order valence-electron chi connectivity index (χ2n) is 4.37. The highest BCUT2D eigenvalue weighted by Crippen LogP contribution is 2.29. The summed E-state index contributed by atoms with van der Waals surface area (Å²) in [4.78, 5) is 2.37. The highest BCUT2D eigenvalue weighted by atomic mass is 32.2. The SMILES string of the molecule is C[SH](C)N1C=CN(C(C)(C)C)C1. The molecule has 1 rings (SSSR count). The van der Waals surface area contributed by atoms with Gasteiger partial charge < -0.3 is 9.21 Å². The molecule has 0 aromatic rings. The monoisotopic (exact) mass is 188 g/mol. The van der Waals surface area contributed by atoms with Crippen LogP contribution in [0, 0.1) is 0 Å². The van der Waals surface area contributed by atoms with Crippen LogP contribution in [0.25, 0.3) is 0 Å². The van der Waals surface area contributed by atoms with E-state index in [1.807, 2.05) is 0 Å². The third-order valence-corrected chi connectivity index (χ3v) is 3.38. The van der Waals surface area contributed by atoms with E-state index in [2.05, 4.69) is 54.9 Å². The molecule has 0 saturated carbocycles. The second-order valence-corrected chi connectivity index (χ2v) is 6.58. The molecule has 0 unspecified atom stereocenters. The number of nitrogens with zero attached hydrogens (tertiary/aromatic N) is 2. The molecule has 1 aliphatic rings. The van der Waals surface area contributed by atoms with E-state index in [1.165, 1.54) is 0 Å². The van der Waals surface area contributed by atoms with Crippen molar-refractivity contribution in [2.24, 2.45) is 0 Å². The average molecular weight is 188 g/mol. The van der Waals surface area contributed by atoms with E-state index in [0.717, 1.165) is 6.67 Å². The van der Waals surface area contributed by atoms with Gasteiger partial charge >= 0.3 is 0 Å². The van der Waals surface area contributed by atoms with Crippen molar-refractivity contribution in [2.45, 2.75) is 26.3 Å². The van der Waals surface area contributed by atoms with Crippen LogP contribution in [0.2, 0.25) is 0 Å². The summed E-state index contributed by atoms with van der Waals surface area (Å²) in [5, 5.41) is 0. The van der Waals surface area contributed by atoms with Gasteiger partial charge in [0.25, 0.3) is 0 Å². The van der Waals surface area contributed by atoms with Crippen LogP contribution in [0.4, 0.5) is 0 Å². The molecule has 12 heavy (non-hydrogen) atoms. The molecule has 1 aliphatic heterocycles. The van der Waals surface area contributed by atoms with Gasteiger partial charge in [0.2, 0.25) is 0 Å². The Morgan fingerprint density at radius 2 is 1.75 bits per heavy atom. The Labute approximate surface area is 78.7 Å². The number of thiol groups is 1. The maximum atomic E-state index is 2.40. The minimum absolute atomic E-state index is 0.0295. The molecule has 0 spiro atoms. The smallest absolute Gasteiger partial charge is 0.0985 e. The lowest BCUT2D eigenvalue weighted by Crippen LogP contribution is -2.38. The molecule has 0 radical (unpaired) electrons. The fourth-order valence-corrected chi connectivity index (χ4v) is 1.82. The Morgan fingerprint density at radius 1 is 1.17 bits per heavy atom. The fourth-order valence-electron chi connectivity index (χ4n) is 1.10. The largest absolute Gasteiger partial charge is 0.353 e. The molecular formula is C9H20N2S. The molecule has 0 aliphatic carbocycles. The van der Waals surface area contributed by atoms with Crippen molar-refractivity contribution in [3.05, 3.63) is 12.4 Å². The number of hydrogen-bond donors (Lipinski definition) is 1. The second kappa shape index (κ2) is 3.21. The molecule has 2 nitrogen and oxygen atoms in total. The first kappa shape index (κ1) is 9.78. The van der Waals surface area contributed by atoms with Gasteiger partial charge in [0.15, 0.2) is 0 Å². The van der Waals surface area contributed by atoms with Crippen LogP contribution in [-0.2, 0) is 0 Å². The third-order valence-electron chi connectivity index (χ3n) is 2.09. The van der Waals surface area contributed by atoms with Gasteiger partial charge in [-0.05, 0) is 33.3 Å². The summed E-state index contributed by atoms with van der Waals surface area (Å²) in [7, 11) is 0. The zero-order valence-electron chi connectivity index (χ0n) is 8.70. The summed E-state index contributed by atoms with van der Waals surface area (Å²) in [6.07, 6.45) is 8.97. The predicted molar refractivity (Wildman–Crippen MR) is 58.3 cm³/mol. The van der Waals surface area contributed by atoms with Gasteiger partial charge in [-0.25, -0.2) is 0 Å². The average Bonchev–Trinajstić information content (AvgIpc) is 2.30. The van der Waals surface area contributed by atoms with Crippen LogP contribution in [0.15, 0.2) is 12.4 Å². The van der Waals surface area contributed by atoms with Gasteiger partial charge in [-0.1, -0.05) is 0 Å². The summed E-state index contributed by atoms with van der Waals surface area (Å²) < 4.78 is 2.40. The van der Waals surface area contributed by atoms with Gasteiger partial charge in [0.05, 0.1) is 6.67 Å². The van der Waals surface area contributed by atoms with Crippen molar-refractivity contribution in [3.63, 3.8) is 0 Å². The zero-order chi connectivity index (χ0) is 9.35. The topological polar surface area (TPSA) is 6.48 Å². The Morgan fingerprint density at radius 3 is 2.00 bits per heavy atom. The van der Waals surface area contributed by atoms with E-state index >= 15 is 0 Å². The molecule has 72 valence electrons. The van der Waals surface area contributed by atoms with E-state index < -0.39 is 0 Å². The van der Waals surface area contributed by atoms with Crippen LogP contribution < -0.4 is 0 Å².